The van der Waals surface area contributed by atoms with Gasteiger partial charge in [-0.05, 0) is 114 Å². The second kappa shape index (κ2) is 8.88. The van der Waals surface area contributed by atoms with Crippen molar-refractivity contribution in [1.29, 1.82) is 0 Å². The van der Waals surface area contributed by atoms with E-state index in [0.29, 0.717) is 24.7 Å². The van der Waals surface area contributed by atoms with Gasteiger partial charge in [-0.2, -0.15) is 5.10 Å². The minimum atomic E-state index is -0.653. The highest BCUT2D eigenvalue weighted by Gasteiger charge is 2.70. The number of allylic oxidation sites excluding steroid dienone is 2. The molecule has 1 aromatic rings. The summed E-state index contributed by atoms with van der Waals surface area (Å²) in [6.07, 6.45) is 10.7. The van der Waals surface area contributed by atoms with Crippen molar-refractivity contribution < 1.29 is 14.7 Å². The maximum atomic E-state index is 14.3. The maximum Gasteiger partial charge on any atom is 0.160 e. The first kappa shape index (κ1) is 28.4. The molecule has 0 aromatic carbocycles. The van der Waals surface area contributed by atoms with E-state index in [4.69, 9.17) is 0 Å². The summed E-state index contributed by atoms with van der Waals surface area (Å²) < 4.78 is 1.76. The summed E-state index contributed by atoms with van der Waals surface area (Å²) in [6.45, 7) is 16.6. The zero-order chi connectivity index (χ0) is 29.0. The first-order valence-corrected chi connectivity index (χ1v) is 16.1. The Morgan fingerprint density at radius 2 is 1.73 bits per heavy atom. The normalized spacial score (nSPS) is 44.2. The number of aryl methyl sites for hydroxylation is 1. The van der Waals surface area contributed by atoms with Crippen LogP contribution in [0.3, 0.4) is 0 Å². The zero-order valence-electron chi connectivity index (χ0n) is 26.3. The third-order valence-electron chi connectivity index (χ3n) is 14.1. The SMILES string of the molecule is CC(C)C1=C2[C@H]3CC[C@@H]4[C@@]5(C)CC[C@H](O)C(C)(C)[C@@H]5CC[C@@]4(C)[C@]3(C)CC[C@@]2(C(=O)Cc2ccn(C)n2)CC1=O. The Morgan fingerprint density at radius 1 is 1.00 bits per heavy atom. The van der Waals surface area contributed by atoms with Gasteiger partial charge in [-0.1, -0.05) is 48.5 Å². The fourth-order valence-electron chi connectivity index (χ4n) is 11.8. The quantitative estimate of drug-likeness (QED) is 0.445. The molecule has 0 amide bonds. The van der Waals surface area contributed by atoms with Crippen LogP contribution in [-0.2, 0) is 23.1 Å². The van der Waals surface area contributed by atoms with E-state index in [0.717, 1.165) is 56.2 Å². The van der Waals surface area contributed by atoms with Crippen molar-refractivity contribution in [3.05, 3.63) is 29.1 Å². The number of rotatable bonds is 4. The largest absolute Gasteiger partial charge is 0.393 e. The molecule has 1 N–H and O–H groups in total. The van der Waals surface area contributed by atoms with Crippen LogP contribution < -0.4 is 0 Å². The van der Waals surface area contributed by atoms with Gasteiger partial charge in [-0.15, -0.1) is 0 Å². The van der Waals surface area contributed by atoms with Crippen LogP contribution in [0.5, 0.6) is 0 Å². The summed E-state index contributed by atoms with van der Waals surface area (Å²) in [5.74, 6) is 1.97. The fraction of sp³-hybridized carbons (Fsp3) is 0.800. The zero-order valence-corrected chi connectivity index (χ0v) is 26.3. The first-order valence-electron chi connectivity index (χ1n) is 16.1. The van der Waals surface area contributed by atoms with E-state index in [1.54, 1.807) is 4.68 Å². The van der Waals surface area contributed by atoms with Crippen molar-refractivity contribution in [2.24, 2.45) is 57.8 Å². The van der Waals surface area contributed by atoms with Gasteiger partial charge in [0.2, 0.25) is 0 Å². The Kier molecular flexibility index (Phi) is 6.30. The highest BCUT2D eigenvalue weighted by Crippen LogP contribution is 2.76. The molecule has 220 valence electrons. The van der Waals surface area contributed by atoms with Crippen LogP contribution in [0.25, 0.3) is 0 Å². The molecule has 4 saturated carbocycles. The standard InChI is InChI=1S/C35H52N2O3/c1-21(2)29-24(38)20-35(28(40)19-22-13-18-37(8)36-22)17-16-33(6)23(30(29)35)9-10-26-32(5)14-12-27(39)31(3,4)25(32)11-15-34(26,33)7/h13,18,21,23,25-27,39H,9-12,14-17,19-20H2,1-8H3/t23-,25+,26-,27+,32+,33-,34-,35+/m1/s1. The number of aromatic nitrogens is 2. The van der Waals surface area contributed by atoms with Crippen LogP contribution in [0, 0.1) is 50.7 Å². The second-order valence-corrected chi connectivity index (χ2v) is 16.2. The van der Waals surface area contributed by atoms with Crippen LogP contribution >= 0.6 is 0 Å². The molecule has 0 saturated heterocycles. The minimum Gasteiger partial charge on any atom is -0.393 e. The topological polar surface area (TPSA) is 72.2 Å². The van der Waals surface area contributed by atoms with Crippen molar-refractivity contribution >= 4 is 11.6 Å². The number of carbonyl (C=O) groups excluding carboxylic acids is 2. The van der Waals surface area contributed by atoms with Crippen LogP contribution in [0.1, 0.15) is 112 Å². The lowest BCUT2D eigenvalue weighted by atomic mass is 9.33. The van der Waals surface area contributed by atoms with Gasteiger partial charge >= 0.3 is 0 Å². The van der Waals surface area contributed by atoms with Crippen molar-refractivity contribution in [3.8, 4) is 0 Å². The molecule has 5 nitrogen and oxygen atoms in total. The van der Waals surface area contributed by atoms with Crippen molar-refractivity contribution in [2.75, 3.05) is 0 Å². The van der Waals surface area contributed by atoms with Gasteiger partial charge in [0.05, 0.1) is 23.6 Å². The van der Waals surface area contributed by atoms with Gasteiger partial charge < -0.3 is 5.11 Å². The van der Waals surface area contributed by atoms with E-state index in [-0.39, 0.29) is 51.2 Å². The summed E-state index contributed by atoms with van der Waals surface area (Å²) in [6, 6.07) is 1.94. The summed E-state index contributed by atoms with van der Waals surface area (Å²) in [5.41, 5.74) is 2.74. The lowest BCUT2D eigenvalue weighted by molar-refractivity contribution is -0.228. The van der Waals surface area contributed by atoms with E-state index >= 15 is 0 Å². The predicted octanol–water partition coefficient (Wildman–Crippen LogP) is 6.87. The number of Topliss-reactive ketones (excluding diaryl/α,β-unsaturated/α-hetero) is 2. The third-order valence-corrected chi connectivity index (χ3v) is 14.1. The van der Waals surface area contributed by atoms with Crippen LogP contribution in [0.4, 0.5) is 0 Å². The molecule has 1 heterocycles. The van der Waals surface area contributed by atoms with Crippen LogP contribution in [0.15, 0.2) is 23.4 Å². The van der Waals surface area contributed by atoms with E-state index in [1.807, 2.05) is 19.3 Å². The van der Waals surface area contributed by atoms with E-state index in [9.17, 15) is 14.7 Å². The molecular weight excluding hydrogens is 496 g/mol. The summed E-state index contributed by atoms with van der Waals surface area (Å²) in [5, 5.41) is 15.5. The number of fused-ring (bicyclic) bond motifs is 7. The van der Waals surface area contributed by atoms with E-state index in [1.165, 1.54) is 12.0 Å². The van der Waals surface area contributed by atoms with Gasteiger partial charge in [0.25, 0.3) is 0 Å². The molecule has 6 rings (SSSR count). The van der Waals surface area contributed by atoms with Gasteiger partial charge in [-0.25, -0.2) is 0 Å². The Hall–Kier alpha value is -1.75. The molecule has 1 aromatic heterocycles. The number of hydrogen-bond acceptors (Lipinski definition) is 4. The minimum absolute atomic E-state index is 0.0545. The average Bonchev–Trinajstić information content (AvgIpc) is 3.42. The van der Waals surface area contributed by atoms with Gasteiger partial charge in [0.15, 0.2) is 5.78 Å². The molecule has 40 heavy (non-hydrogen) atoms. The number of carbonyl (C=O) groups is 2. The summed E-state index contributed by atoms with van der Waals surface area (Å²) >= 11 is 0. The summed E-state index contributed by atoms with van der Waals surface area (Å²) in [7, 11) is 1.89. The third kappa shape index (κ3) is 3.51. The Morgan fingerprint density at radius 3 is 2.38 bits per heavy atom. The molecular formula is C35H52N2O3. The van der Waals surface area contributed by atoms with Crippen molar-refractivity contribution in [3.63, 3.8) is 0 Å². The van der Waals surface area contributed by atoms with Crippen molar-refractivity contribution in [2.45, 2.75) is 119 Å². The highest BCUT2D eigenvalue weighted by atomic mass is 16.3. The number of aliphatic hydroxyl groups excluding tert-OH is 1. The second-order valence-electron chi connectivity index (χ2n) is 16.2. The molecule has 8 atom stereocenters. The smallest absolute Gasteiger partial charge is 0.160 e. The highest BCUT2D eigenvalue weighted by molar-refractivity contribution is 6.07. The Labute approximate surface area is 241 Å². The monoisotopic (exact) mass is 548 g/mol. The predicted molar refractivity (Wildman–Crippen MR) is 157 cm³/mol. The molecule has 0 unspecified atom stereocenters. The molecule has 4 fully saturated rings. The Bertz CT molecular complexity index is 1270. The number of ketones is 2. The molecule has 5 aliphatic carbocycles. The van der Waals surface area contributed by atoms with Gasteiger partial charge in [-0.3, -0.25) is 14.3 Å². The molecule has 0 aliphatic heterocycles. The molecule has 0 radical (unpaired) electrons. The average molecular weight is 549 g/mol. The number of aliphatic hydroxyl groups is 1. The van der Waals surface area contributed by atoms with Gasteiger partial charge in [0, 0.05) is 19.7 Å². The molecule has 5 heteroatoms. The lowest BCUT2D eigenvalue weighted by Gasteiger charge is -2.72. The molecule has 5 aliphatic rings. The Balaban J connectivity index is 1.42. The first-order chi connectivity index (χ1) is 18.6. The van der Waals surface area contributed by atoms with Crippen molar-refractivity contribution in [1.82, 2.24) is 9.78 Å². The van der Waals surface area contributed by atoms with Crippen LogP contribution in [-0.4, -0.2) is 32.6 Å². The fourth-order valence-corrected chi connectivity index (χ4v) is 11.8. The van der Waals surface area contributed by atoms with E-state index in [2.05, 4.69) is 53.6 Å². The van der Waals surface area contributed by atoms with Crippen LogP contribution in [0.2, 0.25) is 0 Å². The molecule has 0 bridgehead atoms. The molecule has 0 spiro atoms. The number of nitrogens with zero attached hydrogens (tertiary/aromatic N) is 2. The lowest BCUT2D eigenvalue weighted by Crippen LogP contribution is -2.65. The number of hydrogen-bond donors (Lipinski definition) is 1. The van der Waals surface area contributed by atoms with Gasteiger partial charge in [0.1, 0.15) is 5.78 Å². The maximum absolute atomic E-state index is 14.3. The van der Waals surface area contributed by atoms with E-state index < -0.39 is 5.41 Å². The summed E-state index contributed by atoms with van der Waals surface area (Å²) in [4.78, 5) is 28.1.